The van der Waals surface area contributed by atoms with Crippen LogP contribution < -0.4 is 43.8 Å². The molecule has 0 saturated heterocycles. The average molecular weight is 897 g/mol. The topological polar surface area (TPSA) is 269 Å². The van der Waals surface area contributed by atoms with Gasteiger partial charge in [0, 0.05) is 36.5 Å². The Hall–Kier alpha value is -7.49. The molecule has 4 atom stereocenters. The van der Waals surface area contributed by atoms with Crippen LogP contribution in [0.3, 0.4) is 0 Å². The van der Waals surface area contributed by atoms with Gasteiger partial charge in [-0.25, -0.2) is 0 Å². The number of guanidine groups is 1. The maximum atomic E-state index is 14.8. The molecule has 0 bridgehead atoms. The molecule has 1 saturated carbocycles. The maximum absolute atomic E-state index is 14.8. The summed E-state index contributed by atoms with van der Waals surface area (Å²) in [6, 6.07) is 31.2. The number of benzene rings is 4. The highest BCUT2D eigenvalue weighted by Gasteiger charge is 2.45. The molecule has 6 amide bonds. The number of para-hydroxylation sites is 1. The van der Waals surface area contributed by atoms with E-state index in [9.17, 15) is 28.8 Å². The Labute approximate surface area is 384 Å². The van der Waals surface area contributed by atoms with Crippen molar-refractivity contribution in [3.05, 3.63) is 144 Å². The predicted molar refractivity (Wildman–Crippen MR) is 253 cm³/mol. The fourth-order valence-electron chi connectivity index (χ4n) is 8.46. The molecule has 6 rings (SSSR count). The predicted octanol–water partition coefficient (Wildman–Crippen LogP) is 2.91. The van der Waals surface area contributed by atoms with Crippen molar-refractivity contribution in [1.82, 2.24) is 31.6 Å². The molecule has 16 nitrogen and oxygen atoms in total. The highest BCUT2D eigenvalue weighted by Crippen LogP contribution is 2.38. The van der Waals surface area contributed by atoms with Gasteiger partial charge in [-0.2, -0.15) is 0 Å². The average Bonchev–Trinajstić information content (AvgIpc) is 3.72. The standard InChI is InChI=1S/C50H60N10O6/c1-32(44(51)62)56-46(64)42(30-37-31-55-39-21-12-11-20-38(37)39)58-45(63)40(22-13-27-54-49(52)53)57-47(65)41(28-33-14-5-2-6-15-33)59-48(66)50(60-43(61)29-34-16-7-3-8-17-34)25-23-36(24-26-50)35-18-9-4-10-19-35/h2-12,14-21,31-32,36,40-42,55H,13,22-30H2,1H3,(H2,51,62)(H,56,64)(H,57,65)(H,58,63)(H,59,66)(H,60,61)(H4,52,53,54)/t32-,36?,40-,41+,42-,50?/m0/s1. The number of amides is 6. The zero-order valence-electron chi connectivity index (χ0n) is 37.1. The van der Waals surface area contributed by atoms with Gasteiger partial charge < -0.3 is 48.8 Å². The summed E-state index contributed by atoms with van der Waals surface area (Å²) in [4.78, 5) is 90.7. The number of nitrogens with two attached hydrogens (primary N) is 3. The van der Waals surface area contributed by atoms with E-state index in [0.717, 1.165) is 33.2 Å². The summed E-state index contributed by atoms with van der Waals surface area (Å²) in [5.74, 6) is -3.62. The number of nitrogens with zero attached hydrogens (tertiary/aromatic N) is 1. The van der Waals surface area contributed by atoms with Gasteiger partial charge in [0.2, 0.25) is 35.4 Å². The van der Waals surface area contributed by atoms with Gasteiger partial charge in [0.15, 0.2) is 5.96 Å². The second-order valence-electron chi connectivity index (χ2n) is 17.0. The van der Waals surface area contributed by atoms with E-state index in [4.69, 9.17) is 17.2 Å². The number of aromatic amines is 1. The third-order valence-corrected chi connectivity index (χ3v) is 12.1. The molecule has 5 aromatic rings. The van der Waals surface area contributed by atoms with Gasteiger partial charge >= 0.3 is 0 Å². The molecule has 346 valence electrons. The van der Waals surface area contributed by atoms with E-state index < -0.39 is 59.2 Å². The molecule has 66 heavy (non-hydrogen) atoms. The van der Waals surface area contributed by atoms with E-state index >= 15 is 0 Å². The van der Waals surface area contributed by atoms with Crippen molar-refractivity contribution < 1.29 is 28.8 Å². The lowest BCUT2D eigenvalue weighted by molar-refractivity contribution is -0.138. The van der Waals surface area contributed by atoms with Crippen LogP contribution in [0.25, 0.3) is 10.9 Å². The SMILES string of the molecule is C[C@H](NC(=O)[C@H](Cc1c[nH]c2ccccc12)NC(=O)[C@H](CCCN=C(N)N)NC(=O)[C@@H](Cc1ccccc1)NC(=O)C1(NC(=O)Cc2ccccc2)CCC(c2ccccc2)CC1)C(N)=O. The zero-order valence-corrected chi connectivity index (χ0v) is 37.1. The first kappa shape index (κ1) is 48.0. The first-order chi connectivity index (χ1) is 31.8. The van der Waals surface area contributed by atoms with Crippen LogP contribution in [0, 0.1) is 0 Å². The van der Waals surface area contributed by atoms with Crippen molar-refractivity contribution in [2.45, 2.75) is 100 Å². The van der Waals surface area contributed by atoms with Gasteiger partial charge in [0.25, 0.3) is 0 Å². The normalized spacial score (nSPS) is 17.5. The summed E-state index contributed by atoms with van der Waals surface area (Å²) < 4.78 is 0. The lowest BCUT2D eigenvalue weighted by Crippen LogP contribution is -2.64. The number of aromatic nitrogens is 1. The van der Waals surface area contributed by atoms with E-state index in [1.807, 2.05) is 103 Å². The minimum Gasteiger partial charge on any atom is -0.370 e. The monoisotopic (exact) mass is 896 g/mol. The van der Waals surface area contributed by atoms with Crippen molar-refractivity contribution in [1.29, 1.82) is 0 Å². The lowest BCUT2D eigenvalue weighted by Gasteiger charge is -2.40. The molecule has 0 spiro atoms. The van der Waals surface area contributed by atoms with Crippen molar-refractivity contribution in [3.8, 4) is 0 Å². The Morgan fingerprint density at radius 2 is 1.24 bits per heavy atom. The quantitative estimate of drug-likeness (QED) is 0.0300. The first-order valence-corrected chi connectivity index (χ1v) is 22.4. The fourth-order valence-corrected chi connectivity index (χ4v) is 8.46. The first-order valence-electron chi connectivity index (χ1n) is 22.4. The number of H-pyrrole nitrogens is 1. The molecule has 0 aliphatic heterocycles. The molecule has 1 heterocycles. The van der Waals surface area contributed by atoms with E-state index in [0.29, 0.717) is 25.7 Å². The summed E-state index contributed by atoms with van der Waals surface area (Å²) in [6.07, 6.45) is 4.04. The summed E-state index contributed by atoms with van der Waals surface area (Å²) >= 11 is 0. The third kappa shape index (κ3) is 13.3. The number of carbonyl (C=O) groups is 6. The molecule has 1 aliphatic rings. The molecule has 4 aromatic carbocycles. The number of nitrogens with one attached hydrogen (secondary N) is 6. The van der Waals surface area contributed by atoms with Crippen LogP contribution >= 0.6 is 0 Å². The zero-order chi connectivity index (χ0) is 47.1. The number of fused-ring (bicyclic) bond motifs is 1. The van der Waals surface area contributed by atoms with Crippen LogP contribution in [-0.4, -0.2) is 82.6 Å². The minimum absolute atomic E-state index is 0.0254. The van der Waals surface area contributed by atoms with Crippen LogP contribution in [0.4, 0.5) is 0 Å². The number of primary amides is 1. The van der Waals surface area contributed by atoms with Crippen LogP contribution in [-0.2, 0) is 48.0 Å². The Bertz CT molecular complexity index is 2470. The highest BCUT2D eigenvalue weighted by atomic mass is 16.2. The number of carbonyl (C=O) groups excluding carboxylic acids is 6. The van der Waals surface area contributed by atoms with Crippen molar-refractivity contribution in [2.75, 3.05) is 6.54 Å². The van der Waals surface area contributed by atoms with E-state index in [2.05, 4.69) is 48.7 Å². The van der Waals surface area contributed by atoms with Gasteiger partial charge in [-0.15, -0.1) is 0 Å². The Morgan fingerprint density at radius 3 is 1.89 bits per heavy atom. The molecule has 1 aliphatic carbocycles. The van der Waals surface area contributed by atoms with Gasteiger partial charge in [0.05, 0.1) is 6.42 Å². The fraction of sp³-hybridized carbons (Fsp3) is 0.340. The Balaban J connectivity index is 1.27. The summed E-state index contributed by atoms with van der Waals surface area (Å²) in [7, 11) is 0. The van der Waals surface area contributed by atoms with E-state index in [1.54, 1.807) is 6.20 Å². The summed E-state index contributed by atoms with van der Waals surface area (Å²) in [5, 5.41) is 15.2. The third-order valence-electron chi connectivity index (χ3n) is 12.1. The van der Waals surface area contributed by atoms with Gasteiger partial charge in [-0.3, -0.25) is 33.8 Å². The highest BCUT2D eigenvalue weighted by molar-refractivity contribution is 5.98. The summed E-state index contributed by atoms with van der Waals surface area (Å²) in [5.41, 5.74) is 19.5. The molecule has 16 heteroatoms. The van der Waals surface area contributed by atoms with E-state index in [-0.39, 0.29) is 56.4 Å². The van der Waals surface area contributed by atoms with Crippen molar-refractivity contribution in [3.63, 3.8) is 0 Å². The van der Waals surface area contributed by atoms with E-state index in [1.165, 1.54) is 6.92 Å². The Kier molecular flexibility index (Phi) is 16.7. The van der Waals surface area contributed by atoms with Gasteiger partial charge in [-0.1, -0.05) is 109 Å². The second kappa shape index (κ2) is 22.9. The molecule has 0 radical (unpaired) electrons. The van der Waals surface area contributed by atoms with Crippen LogP contribution in [0.15, 0.2) is 126 Å². The lowest BCUT2D eigenvalue weighted by atomic mass is 9.73. The number of rotatable bonds is 21. The minimum atomic E-state index is -1.34. The number of aliphatic imine (C=N–C) groups is 1. The van der Waals surface area contributed by atoms with Crippen LogP contribution in [0.1, 0.15) is 73.6 Å². The number of hydrogen-bond donors (Lipinski definition) is 9. The van der Waals surface area contributed by atoms with Crippen molar-refractivity contribution in [2.24, 2.45) is 22.2 Å². The molecular formula is C50H60N10O6. The van der Waals surface area contributed by atoms with Crippen LogP contribution in [0.5, 0.6) is 0 Å². The summed E-state index contributed by atoms with van der Waals surface area (Å²) in [6.45, 7) is 1.57. The molecule has 12 N–H and O–H groups in total. The number of hydrogen-bond acceptors (Lipinski definition) is 7. The smallest absolute Gasteiger partial charge is 0.246 e. The molecule has 1 aromatic heterocycles. The Morgan fingerprint density at radius 1 is 0.682 bits per heavy atom. The largest absolute Gasteiger partial charge is 0.370 e. The second-order valence-corrected chi connectivity index (χ2v) is 17.0. The molecule has 1 fully saturated rings. The molecular weight excluding hydrogens is 837 g/mol. The maximum Gasteiger partial charge on any atom is 0.246 e. The van der Waals surface area contributed by atoms with Crippen LogP contribution in [0.2, 0.25) is 0 Å². The molecule has 0 unspecified atom stereocenters. The van der Waals surface area contributed by atoms with Crippen molar-refractivity contribution >= 4 is 52.3 Å². The van der Waals surface area contributed by atoms with Gasteiger partial charge in [-0.05, 0) is 79.7 Å². The van der Waals surface area contributed by atoms with Gasteiger partial charge in [0.1, 0.15) is 29.7 Å².